The van der Waals surface area contributed by atoms with Gasteiger partial charge in [-0.2, -0.15) is 0 Å². The van der Waals surface area contributed by atoms with Gasteiger partial charge in [-0.1, -0.05) is 18.3 Å². The third-order valence-corrected chi connectivity index (χ3v) is 3.86. The van der Waals surface area contributed by atoms with Crippen molar-refractivity contribution >= 4 is 17.2 Å². The Hall–Kier alpha value is -1.94. The van der Waals surface area contributed by atoms with Crippen molar-refractivity contribution in [3.8, 4) is 11.6 Å². The first-order chi connectivity index (χ1) is 9.65. The summed E-state index contributed by atoms with van der Waals surface area (Å²) in [6, 6.07) is 8.09. The van der Waals surface area contributed by atoms with Crippen LogP contribution in [-0.2, 0) is 12.8 Å². The molecule has 0 saturated carbocycles. The van der Waals surface area contributed by atoms with E-state index in [1.165, 1.54) is 17.5 Å². The van der Waals surface area contributed by atoms with Crippen LogP contribution in [0.2, 0.25) is 0 Å². The number of benzene rings is 1. The molecule has 1 heterocycles. The molecule has 0 unspecified atom stereocenters. The second kappa shape index (κ2) is 5.21. The number of ether oxygens (including phenoxy) is 1. The van der Waals surface area contributed by atoms with Gasteiger partial charge in [0.25, 0.3) is 0 Å². The maximum atomic E-state index is 5.90. The molecular weight excluding hydrogens is 268 g/mol. The number of fused-ring (bicyclic) bond motifs is 1. The summed E-state index contributed by atoms with van der Waals surface area (Å²) in [7, 11) is 0. The quantitative estimate of drug-likeness (QED) is 0.879. The molecule has 3 nitrogen and oxygen atoms in total. The van der Waals surface area contributed by atoms with E-state index in [9.17, 15) is 0 Å². The lowest BCUT2D eigenvalue weighted by atomic mass is 10.1. The molecule has 0 amide bonds. The SMILES string of the molecule is Cc1ccnc(Oc2ccc3c(c2)CCC3)c1C(N)=S. The highest BCUT2D eigenvalue weighted by Gasteiger charge is 2.15. The van der Waals surface area contributed by atoms with Gasteiger partial charge < -0.3 is 10.5 Å². The standard InChI is InChI=1S/C16H16N2OS/c1-10-7-8-18-16(14(10)15(17)20)19-13-6-5-11-3-2-4-12(11)9-13/h5-9H,2-4H2,1H3,(H2,17,20). The van der Waals surface area contributed by atoms with Crippen molar-refractivity contribution in [1.82, 2.24) is 4.98 Å². The van der Waals surface area contributed by atoms with Gasteiger partial charge in [0.15, 0.2) is 0 Å². The minimum Gasteiger partial charge on any atom is -0.438 e. The van der Waals surface area contributed by atoms with Crippen molar-refractivity contribution in [2.45, 2.75) is 26.2 Å². The number of aryl methyl sites for hydroxylation is 3. The van der Waals surface area contributed by atoms with E-state index in [0.717, 1.165) is 24.2 Å². The fourth-order valence-electron chi connectivity index (χ4n) is 2.63. The summed E-state index contributed by atoms with van der Waals surface area (Å²) in [6.45, 7) is 1.95. The molecule has 4 heteroatoms. The molecule has 102 valence electrons. The fraction of sp³-hybridized carbons (Fsp3) is 0.250. The molecule has 0 radical (unpaired) electrons. The van der Waals surface area contributed by atoms with Gasteiger partial charge in [0.05, 0.1) is 5.56 Å². The predicted octanol–water partition coefficient (Wildman–Crippen LogP) is 3.31. The molecule has 1 aromatic carbocycles. The minimum absolute atomic E-state index is 0.312. The Labute approximate surface area is 123 Å². The number of aromatic nitrogens is 1. The lowest BCUT2D eigenvalue weighted by Gasteiger charge is -2.12. The third-order valence-electron chi connectivity index (χ3n) is 3.66. The van der Waals surface area contributed by atoms with E-state index in [0.29, 0.717) is 16.4 Å². The van der Waals surface area contributed by atoms with Gasteiger partial charge in [-0.15, -0.1) is 0 Å². The first-order valence-electron chi connectivity index (χ1n) is 6.70. The highest BCUT2D eigenvalue weighted by molar-refractivity contribution is 7.80. The molecule has 0 spiro atoms. The van der Waals surface area contributed by atoms with Crippen LogP contribution in [-0.4, -0.2) is 9.97 Å². The van der Waals surface area contributed by atoms with Gasteiger partial charge in [-0.25, -0.2) is 4.98 Å². The van der Waals surface area contributed by atoms with Crippen molar-refractivity contribution in [3.63, 3.8) is 0 Å². The summed E-state index contributed by atoms with van der Waals surface area (Å²) in [5.41, 5.74) is 10.2. The van der Waals surface area contributed by atoms with E-state index in [1.807, 2.05) is 19.1 Å². The van der Waals surface area contributed by atoms with Crippen LogP contribution in [0.25, 0.3) is 0 Å². The Balaban J connectivity index is 1.95. The van der Waals surface area contributed by atoms with Crippen molar-refractivity contribution in [1.29, 1.82) is 0 Å². The van der Waals surface area contributed by atoms with E-state index < -0.39 is 0 Å². The number of nitrogens with zero attached hydrogens (tertiary/aromatic N) is 1. The van der Waals surface area contributed by atoms with Crippen LogP contribution in [0.1, 0.15) is 28.7 Å². The molecule has 0 atom stereocenters. The summed E-state index contributed by atoms with van der Waals surface area (Å²) in [6.07, 6.45) is 5.21. The normalized spacial score (nSPS) is 13.1. The molecule has 0 fully saturated rings. The Morgan fingerprint density at radius 1 is 1.25 bits per heavy atom. The number of thiocarbonyl (C=S) groups is 1. The van der Waals surface area contributed by atoms with Crippen LogP contribution >= 0.6 is 12.2 Å². The summed E-state index contributed by atoms with van der Waals surface area (Å²) in [5.74, 6) is 1.27. The van der Waals surface area contributed by atoms with Crippen molar-refractivity contribution in [3.05, 3.63) is 52.7 Å². The Morgan fingerprint density at radius 3 is 2.85 bits per heavy atom. The van der Waals surface area contributed by atoms with Crippen LogP contribution in [0.3, 0.4) is 0 Å². The third kappa shape index (κ3) is 2.39. The highest BCUT2D eigenvalue weighted by atomic mass is 32.1. The van der Waals surface area contributed by atoms with Crippen LogP contribution in [0, 0.1) is 6.92 Å². The van der Waals surface area contributed by atoms with Gasteiger partial charge in [-0.05, 0) is 61.1 Å². The zero-order valence-electron chi connectivity index (χ0n) is 11.3. The maximum absolute atomic E-state index is 5.90. The molecular formula is C16H16N2OS. The Morgan fingerprint density at radius 2 is 2.05 bits per heavy atom. The Kier molecular flexibility index (Phi) is 3.40. The van der Waals surface area contributed by atoms with Crippen LogP contribution in [0.4, 0.5) is 0 Å². The van der Waals surface area contributed by atoms with Gasteiger partial charge in [0, 0.05) is 6.20 Å². The second-order valence-corrected chi connectivity index (χ2v) is 5.50. The van der Waals surface area contributed by atoms with E-state index in [2.05, 4.69) is 17.1 Å². The first-order valence-corrected chi connectivity index (χ1v) is 7.11. The molecule has 1 aliphatic carbocycles. The lowest BCUT2D eigenvalue weighted by Crippen LogP contribution is -2.13. The average molecular weight is 284 g/mol. The summed E-state index contributed by atoms with van der Waals surface area (Å²) in [4.78, 5) is 4.57. The molecule has 3 rings (SSSR count). The highest BCUT2D eigenvalue weighted by Crippen LogP contribution is 2.30. The molecule has 1 aromatic heterocycles. The van der Waals surface area contributed by atoms with Gasteiger partial charge in [-0.3, -0.25) is 0 Å². The largest absolute Gasteiger partial charge is 0.438 e. The van der Waals surface area contributed by atoms with Gasteiger partial charge in [0.2, 0.25) is 5.88 Å². The maximum Gasteiger partial charge on any atom is 0.229 e. The van der Waals surface area contributed by atoms with Crippen LogP contribution < -0.4 is 10.5 Å². The molecule has 2 N–H and O–H groups in total. The number of nitrogens with two attached hydrogens (primary N) is 1. The lowest BCUT2D eigenvalue weighted by molar-refractivity contribution is 0.461. The van der Waals surface area contributed by atoms with Crippen molar-refractivity contribution in [2.24, 2.45) is 5.73 Å². The van der Waals surface area contributed by atoms with E-state index in [4.69, 9.17) is 22.7 Å². The smallest absolute Gasteiger partial charge is 0.229 e. The van der Waals surface area contributed by atoms with Crippen LogP contribution in [0.15, 0.2) is 30.5 Å². The molecule has 0 bridgehead atoms. The second-order valence-electron chi connectivity index (χ2n) is 5.06. The number of hydrogen-bond acceptors (Lipinski definition) is 3. The summed E-state index contributed by atoms with van der Waals surface area (Å²) < 4.78 is 5.90. The molecule has 0 aliphatic heterocycles. The number of pyridine rings is 1. The zero-order chi connectivity index (χ0) is 14.1. The van der Waals surface area contributed by atoms with Crippen LogP contribution in [0.5, 0.6) is 11.6 Å². The first kappa shape index (κ1) is 13.1. The summed E-state index contributed by atoms with van der Waals surface area (Å²) in [5, 5.41) is 0. The number of hydrogen-bond donors (Lipinski definition) is 1. The predicted molar refractivity (Wildman–Crippen MR) is 83.4 cm³/mol. The molecule has 0 saturated heterocycles. The average Bonchev–Trinajstić information content (AvgIpc) is 2.85. The number of rotatable bonds is 3. The topological polar surface area (TPSA) is 48.1 Å². The fourth-order valence-corrected chi connectivity index (χ4v) is 2.88. The molecule has 1 aliphatic rings. The van der Waals surface area contributed by atoms with Gasteiger partial charge in [0.1, 0.15) is 10.7 Å². The van der Waals surface area contributed by atoms with Crippen molar-refractivity contribution in [2.75, 3.05) is 0 Å². The molecule has 2 aromatic rings. The zero-order valence-corrected chi connectivity index (χ0v) is 12.2. The summed E-state index contributed by atoms with van der Waals surface area (Å²) >= 11 is 5.09. The van der Waals surface area contributed by atoms with E-state index in [-0.39, 0.29) is 0 Å². The monoisotopic (exact) mass is 284 g/mol. The van der Waals surface area contributed by atoms with Gasteiger partial charge >= 0.3 is 0 Å². The van der Waals surface area contributed by atoms with E-state index >= 15 is 0 Å². The minimum atomic E-state index is 0.312. The van der Waals surface area contributed by atoms with Crippen molar-refractivity contribution < 1.29 is 4.74 Å². The Bertz CT molecular complexity index is 682. The molecule has 20 heavy (non-hydrogen) atoms. The van der Waals surface area contributed by atoms with E-state index in [1.54, 1.807) is 6.20 Å².